The maximum absolute atomic E-state index is 12.6. The summed E-state index contributed by atoms with van der Waals surface area (Å²) in [5, 5.41) is 11.1. The molecule has 1 amide bonds. The molecule has 1 fully saturated rings. The van der Waals surface area contributed by atoms with Crippen LogP contribution >= 0.6 is 0 Å². The van der Waals surface area contributed by atoms with Crippen LogP contribution in [0.4, 0.5) is 11.5 Å². The lowest BCUT2D eigenvalue weighted by molar-refractivity contribution is 0.102. The molecule has 3 aromatic rings. The van der Waals surface area contributed by atoms with Crippen molar-refractivity contribution in [1.29, 1.82) is 0 Å². The van der Waals surface area contributed by atoms with E-state index in [1.165, 1.54) is 12.8 Å². The number of carbonyl (C=O) groups excluding carboxylic acids is 1. The molecule has 1 saturated heterocycles. The van der Waals surface area contributed by atoms with Crippen LogP contribution in [0, 0.1) is 0 Å². The minimum atomic E-state index is -0.320. The molecule has 2 heterocycles. The Kier molecular flexibility index (Phi) is 4.96. The van der Waals surface area contributed by atoms with Crippen LogP contribution in [-0.4, -0.2) is 29.2 Å². The number of carbonyl (C=O) groups is 1. The second kappa shape index (κ2) is 7.86. The number of rotatable bonds is 5. The largest absolute Gasteiger partial charge is 0.455 e. The number of nitrogens with zero attached hydrogens (tertiary/aromatic N) is 3. The van der Waals surface area contributed by atoms with Gasteiger partial charge in [0, 0.05) is 13.1 Å². The number of para-hydroxylation sites is 3. The number of aromatic nitrogens is 2. The van der Waals surface area contributed by atoms with Gasteiger partial charge in [-0.1, -0.05) is 30.3 Å². The molecule has 1 aliphatic heterocycles. The van der Waals surface area contributed by atoms with Crippen molar-refractivity contribution in [3.63, 3.8) is 0 Å². The van der Waals surface area contributed by atoms with Gasteiger partial charge in [-0.3, -0.25) is 4.79 Å². The fourth-order valence-electron chi connectivity index (χ4n) is 3.02. The molecule has 4 rings (SSSR count). The monoisotopic (exact) mass is 360 g/mol. The summed E-state index contributed by atoms with van der Waals surface area (Å²) in [6.07, 6.45) is 2.34. The summed E-state index contributed by atoms with van der Waals surface area (Å²) < 4.78 is 5.88. The number of anilines is 2. The number of ether oxygens (including phenoxy) is 1. The molecular weight excluding hydrogens is 340 g/mol. The van der Waals surface area contributed by atoms with Crippen LogP contribution in [-0.2, 0) is 0 Å². The summed E-state index contributed by atoms with van der Waals surface area (Å²) in [6.45, 7) is 1.98. The molecule has 1 aromatic heterocycles. The number of amides is 1. The first-order valence-electron chi connectivity index (χ1n) is 9.01. The molecule has 1 N–H and O–H groups in total. The molecule has 0 saturated carbocycles. The number of benzene rings is 2. The smallest absolute Gasteiger partial charge is 0.276 e. The average molecular weight is 360 g/mol. The van der Waals surface area contributed by atoms with Gasteiger partial charge in [0.05, 0.1) is 5.69 Å². The van der Waals surface area contributed by atoms with Gasteiger partial charge in [-0.25, -0.2) is 0 Å². The highest BCUT2D eigenvalue weighted by molar-refractivity contribution is 6.03. The Morgan fingerprint density at radius 2 is 1.63 bits per heavy atom. The SMILES string of the molecule is O=C(Nc1ccccc1Oc1ccccc1)c1ccc(N2CCCC2)nn1. The number of hydrogen-bond donors (Lipinski definition) is 1. The van der Waals surface area contributed by atoms with Crippen LogP contribution in [0.15, 0.2) is 66.7 Å². The lowest BCUT2D eigenvalue weighted by Gasteiger charge is -2.15. The molecule has 27 heavy (non-hydrogen) atoms. The molecule has 0 spiro atoms. The van der Waals surface area contributed by atoms with Crippen LogP contribution in [0.25, 0.3) is 0 Å². The third-order valence-corrected chi connectivity index (χ3v) is 4.42. The van der Waals surface area contributed by atoms with Crippen molar-refractivity contribution in [3.05, 3.63) is 72.4 Å². The van der Waals surface area contributed by atoms with Gasteiger partial charge in [-0.05, 0) is 49.2 Å². The van der Waals surface area contributed by atoms with E-state index < -0.39 is 0 Å². The standard InChI is InChI=1S/C21H20N4O2/c26-21(18-12-13-20(24-23-18)25-14-6-7-15-25)22-17-10-4-5-11-19(17)27-16-8-2-1-3-9-16/h1-5,8-13H,6-7,14-15H2,(H,22,26). The average Bonchev–Trinajstić information content (AvgIpc) is 3.25. The topological polar surface area (TPSA) is 67.3 Å². The maximum atomic E-state index is 12.6. The van der Waals surface area contributed by atoms with Crippen LogP contribution in [0.1, 0.15) is 23.3 Å². The fourth-order valence-corrected chi connectivity index (χ4v) is 3.02. The third-order valence-electron chi connectivity index (χ3n) is 4.42. The minimum Gasteiger partial charge on any atom is -0.455 e. The van der Waals surface area contributed by atoms with Gasteiger partial charge in [-0.15, -0.1) is 10.2 Å². The predicted octanol–water partition coefficient (Wildman–Crippen LogP) is 4.12. The first-order chi connectivity index (χ1) is 13.3. The Morgan fingerprint density at radius 3 is 2.37 bits per heavy atom. The Bertz CT molecular complexity index is 907. The van der Waals surface area contributed by atoms with Gasteiger partial charge in [0.2, 0.25) is 0 Å². The van der Waals surface area contributed by atoms with Crippen LogP contribution in [0.3, 0.4) is 0 Å². The highest BCUT2D eigenvalue weighted by Gasteiger charge is 2.16. The lowest BCUT2D eigenvalue weighted by Crippen LogP contribution is -2.21. The molecule has 0 unspecified atom stereocenters. The van der Waals surface area contributed by atoms with Crippen LogP contribution in [0.2, 0.25) is 0 Å². The molecule has 136 valence electrons. The molecule has 0 radical (unpaired) electrons. The molecule has 2 aromatic carbocycles. The van der Waals surface area contributed by atoms with Crippen molar-refractivity contribution in [2.45, 2.75) is 12.8 Å². The second-order valence-electron chi connectivity index (χ2n) is 6.34. The van der Waals surface area contributed by atoms with Gasteiger partial charge in [0.1, 0.15) is 5.75 Å². The minimum absolute atomic E-state index is 0.271. The zero-order chi connectivity index (χ0) is 18.5. The summed E-state index contributed by atoms with van der Waals surface area (Å²) in [7, 11) is 0. The van der Waals surface area contributed by atoms with Gasteiger partial charge in [-0.2, -0.15) is 0 Å². The zero-order valence-corrected chi connectivity index (χ0v) is 14.8. The maximum Gasteiger partial charge on any atom is 0.276 e. The molecule has 0 bridgehead atoms. The molecule has 6 nitrogen and oxygen atoms in total. The summed E-state index contributed by atoms with van der Waals surface area (Å²) in [5.41, 5.74) is 0.851. The van der Waals surface area contributed by atoms with Crippen molar-refractivity contribution in [2.24, 2.45) is 0 Å². The van der Waals surface area contributed by atoms with Crippen LogP contribution < -0.4 is 15.0 Å². The predicted molar refractivity (Wildman–Crippen MR) is 104 cm³/mol. The third kappa shape index (κ3) is 4.06. The van der Waals surface area contributed by atoms with Crippen LogP contribution in [0.5, 0.6) is 11.5 Å². The Labute approximate surface area is 157 Å². The molecular formula is C21H20N4O2. The lowest BCUT2D eigenvalue weighted by atomic mass is 10.2. The van der Waals surface area contributed by atoms with E-state index in [0.29, 0.717) is 17.2 Å². The first-order valence-corrected chi connectivity index (χ1v) is 9.01. The van der Waals surface area contributed by atoms with Crippen molar-refractivity contribution in [3.8, 4) is 11.5 Å². The Balaban J connectivity index is 1.48. The van der Waals surface area contributed by atoms with Crippen molar-refractivity contribution in [1.82, 2.24) is 10.2 Å². The highest BCUT2D eigenvalue weighted by atomic mass is 16.5. The van der Waals surface area contributed by atoms with E-state index in [0.717, 1.165) is 18.9 Å². The summed E-state index contributed by atoms with van der Waals surface area (Å²) >= 11 is 0. The van der Waals surface area contributed by atoms with Gasteiger partial charge < -0.3 is 15.0 Å². The van der Waals surface area contributed by atoms with E-state index in [1.807, 2.05) is 54.6 Å². The van der Waals surface area contributed by atoms with E-state index in [9.17, 15) is 4.79 Å². The fraction of sp³-hybridized carbons (Fsp3) is 0.190. The molecule has 6 heteroatoms. The van der Waals surface area contributed by atoms with Gasteiger partial charge in [0.15, 0.2) is 17.3 Å². The normalized spacial score (nSPS) is 13.4. The number of nitrogens with one attached hydrogen (secondary N) is 1. The Hall–Kier alpha value is -3.41. The quantitative estimate of drug-likeness (QED) is 0.741. The van der Waals surface area contributed by atoms with Gasteiger partial charge >= 0.3 is 0 Å². The number of hydrogen-bond acceptors (Lipinski definition) is 5. The van der Waals surface area contributed by atoms with E-state index in [4.69, 9.17) is 4.74 Å². The van der Waals surface area contributed by atoms with Crippen molar-refractivity contribution < 1.29 is 9.53 Å². The molecule has 1 aliphatic rings. The van der Waals surface area contributed by atoms with E-state index >= 15 is 0 Å². The van der Waals surface area contributed by atoms with Crippen molar-refractivity contribution in [2.75, 3.05) is 23.3 Å². The van der Waals surface area contributed by atoms with Gasteiger partial charge in [0.25, 0.3) is 5.91 Å². The van der Waals surface area contributed by atoms with E-state index in [2.05, 4.69) is 20.4 Å². The highest BCUT2D eigenvalue weighted by Crippen LogP contribution is 2.29. The molecule has 0 aliphatic carbocycles. The first kappa shape index (κ1) is 17.0. The van der Waals surface area contributed by atoms with E-state index in [-0.39, 0.29) is 11.6 Å². The Morgan fingerprint density at radius 1 is 0.889 bits per heavy atom. The van der Waals surface area contributed by atoms with Crippen molar-refractivity contribution >= 4 is 17.4 Å². The summed E-state index contributed by atoms with van der Waals surface area (Å²) in [5.74, 6) is 1.77. The zero-order valence-electron chi connectivity index (χ0n) is 14.8. The summed E-state index contributed by atoms with van der Waals surface area (Å²) in [6, 6.07) is 20.3. The molecule has 0 atom stereocenters. The van der Waals surface area contributed by atoms with E-state index in [1.54, 1.807) is 12.1 Å². The summed E-state index contributed by atoms with van der Waals surface area (Å²) in [4.78, 5) is 14.7. The second-order valence-corrected chi connectivity index (χ2v) is 6.34.